The molecular weight excluding hydrogens is 767 g/mol. The molecule has 2 saturated heterocycles. The van der Waals surface area contributed by atoms with Gasteiger partial charge >= 0.3 is 5.97 Å². The lowest BCUT2D eigenvalue weighted by Gasteiger charge is -2.32. The molecule has 2 aliphatic rings. The molecule has 2 N–H and O–H groups in total. The van der Waals surface area contributed by atoms with Crippen molar-refractivity contribution in [3.05, 3.63) is 94.2 Å². The summed E-state index contributed by atoms with van der Waals surface area (Å²) < 4.78 is 44.6. The lowest BCUT2D eigenvalue weighted by Crippen LogP contribution is -2.38. The van der Waals surface area contributed by atoms with Crippen LogP contribution in [0.4, 0.5) is 37.3 Å². The fourth-order valence-electron chi connectivity index (χ4n) is 6.18. The molecule has 2 aliphatic heterocycles. The Balaban J connectivity index is 0.000000249. The van der Waals surface area contributed by atoms with Gasteiger partial charge in [-0.1, -0.05) is 29.3 Å². The Labute approximate surface area is 333 Å². The zero-order chi connectivity index (χ0) is 39.8. The second-order valence-corrected chi connectivity index (χ2v) is 13.7. The molecule has 1 amide bonds. The predicted octanol–water partition coefficient (Wildman–Crippen LogP) is 7.83. The molecule has 1 unspecified atom stereocenters. The zero-order valence-corrected chi connectivity index (χ0v) is 32.6. The van der Waals surface area contributed by atoms with E-state index in [2.05, 4.69) is 31.5 Å². The molecule has 0 radical (unpaired) electrons. The van der Waals surface area contributed by atoms with E-state index in [0.29, 0.717) is 67.5 Å². The molecule has 0 bridgehead atoms. The molecule has 3 aromatic heterocycles. The molecule has 56 heavy (non-hydrogen) atoms. The van der Waals surface area contributed by atoms with Crippen molar-refractivity contribution in [2.45, 2.75) is 20.8 Å². The monoisotopic (exact) mass is 807 g/mol. The van der Waals surface area contributed by atoms with Crippen molar-refractivity contribution in [3.63, 3.8) is 0 Å². The first-order valence-electron chi connectivity index (χ1n) is 18.1. The Morgan fingerprint density at radius 2 is 1.62 bits per heavy atom. The number of carbonyl (C=O) groups is 2. The maximum absolute atomic E-state index is 15.6. The topological polar surface area (TPSA) is 131 Å². The largest absolute Gasteiger partial charge is 0.465 e. The Morgan fingerprint density at radius 3 is 2.29 bits per heavy atom. The second-order valence-electron chi connectivity index (χ2n) is 12.9. The number of aromatic nitrogens is 3. The molecule has 5 heterocycles. The van der Waals surface area contributed by atoms with Gasteiger partial charge in [-0.2, -0.15) is 0 Å². The Bertz CT molecular complexity index is 2190. The van der Waals surface area contributed by atoms with Crippen LogP contribution in [0.25, 0.3) is 22.3 Å². The number of fused-ring (bicyclic) bond motifs is 1. The van der Waals surface area contributed by atoms with Gasteiger partial charge in [0.1, 0.15) is 11.7 Å². The third kappa shape index (κ3) is 9.44. The van der Waals surface area contributed by atoms with E-state index in [0.717, 1.165) is 41.9 Å². The van der Waals surface area contributed by atoms with Crippen LogP contribution in [-0.4, -0.2) is 86.0 Å². The van der Waals surface area contributed by atoms with E-state index in [1.807, 2.05) is 31.3 Å². The third-order valence-corrected chi connectivity index (χ3v) is 9.81. The van der Waals surface area contributed by atoms with Crippen molar-refractivity contribution in [1.82, 2.24) is 15.0 Å². The first kappa shape index (κ1) is 40.5. The number of nitrogens with zero attached hydrogens (tertiary/aromatic N) is 5. The summed E-state index contributed by atoms with van der Waals surface area (Å²) in [6.45, 7) is 10.8. The minimum Gasteiger partial charge on any atom is -0.465 e. The first-order valence-corrected chi connectivity index (χ1v) is 18.9. The van der Waals surface area contributed by atoms with Gasteiger partial charge in [0.2, 0.25) is 5.91 Å². The summed E-state index contributed by atoms with van der Waals surface area (Å²) >= 11 is 11.8. The smallest absolute Gasteiger partial charge is 0.318 e. The highest BCUT2D eigenvalue weighted by Gasteiger charge is 2.25. The number of hydrogen-bond donors (Lipinski definition) is 2. The molecule has 0 saturated carbocycles. The Hall–Kier alpha value is -5.15. The lowest BCUT2D eigenvalue weighted by atomic mass is 10.0. The summed E-state index contributed by atoms with van der Waals surface area (Å²) in [6, 6.07) is 14.9. The average Bonchev–Trinajstić information content (AvgIpc) is 3.22. The number of benzene rings is 2. The molecule has 2 fully saturated rings. The van der Waals surface area contributed by atoms with Crippen molar-refractivity contribution in [3.8, 4) is 11.4 Å². The number of pyridine rings is 3. The minimum absolute atomic E-state index is 0.0357. The molecule has 2 aromatic carbocycles. The van der Waals surface area contributed by atoms with Gasteiger partial charge < -0.3 is 34.6 Å². The highest BCUT2D eigenvalue weighted by molar-refractivity contribution is 6.32. The van der Waals surface area contributed by atoms with Crippen LogP contribution in [0.15, 0.2) is 67.0 Å². The van der Waals surface area contributed by atoms with E-state index in [1.165, 1.54) is 25.1 Å². The normalized spacial score (nSPS) is 14.8. The lowest BCUT2D eigenvalue weighted by molar-refractivity contribution is -0.150. The summed E-state index contributed by atoms with van der Waals surface area (Å²) in [5, 5.41) is 6.32. The van der Waals surface area contributed by atoms with Crippen LogP contribution in [0.3, 0.4) is 0 Å². The van der Waals surface area contributed by atoms with E-state index < -0.39 is 29.4 Å². The highest BCUT2D eigenvalue weighted by Crippen LogP contribution is 2.40. The van der Waals surface area contributed by atoms with Crippen LogP contribution in [0, 0.1) is 24.5 Å². The van der Waals surface area contributed by atoms with E-state index >= 15 is 4.39 Å². The van der Waals surface area contributed by atoms with Crippen molar-refractivity contribution in [2.24, 2.45) is 5.92 Å². The minimum atomic E-state index is -0.955. The van der Waals surface area contributed by atoms with Crippen LogP contribution in [-0.2, 0) is 23.8 Å². The van der Waals surface area contributed by atoms with E-state index in [-0.39, 0.29) is 22.3 Å². The summed E-state index contributed by atoms with van der Waals surface area (Å²) in [4.78, 5) is 41.6. The van der Waals surface area contributed by atoms with E-state index in [1.54, 1.807) is 19.2 Å². The van der Waals surface area contributed by atoms with Gasteiger partial charge in [-0.3, -0.25) is 14.6 Å². The fourth-order valence-corrected chi connectivity index (χ4v) is 6.46. The number of nitrogens with one attached hydrogen (secondary N) is 2. The van der Waals surface area contributed by atoms with Gasteiger partial charge in [0.15, 0.2) is 11.6 Å². The van der Waals surface area contributed by atoms with Crippen molar-refractivity contribution < 1.29 is 32.6 Å². The van der Waals surface area contributed by atoms with E-state index in [9.17, 15) is 14.0 Å². The third-order valence-electron chi connectivity index (χ3n) is 9.21. The number of anilines is 5. The summed E-state index contributed by atoms with van der Waals surface area (Å²) in [6.07, 6.45) is 3.62. The number of halogens is 4. The Morgan fingerprint density at radius 1 is 0.929 bits per heavy atom. The SMILES string of the molecule is CCOC(=O)C(C)C(=O)Nc1ccc(Cl)c(F)c1.Cc1c(-c2ccccn2)nc2ccc(Cl)c(F)c2c1Nc1cc(N2CCOCC2)cnc1N1CCOCC1. The number of hydrogen-bond acceptors (Lipinski definition) is 11. The van der Waals surface area contributed by atoms with Gasteiger partial charge in [0.25, 0.3) is 0 Å². The first-order chi connectivity index (χ1) is 27.0. The van der Waals surface area contributed by atoms with Crippen LogP contribution in [0.1, 0.15) is 19.4 Å². The fraction of sp³-hybridized carbons (Fsp3) is 0.325. The maximum atomic E-state index is 15.6. The van der Waals surface area contributed by atoms with Crippen LogP contribution in [0.5, 0.6) is 0 Å². The number of ether oxygens (including phenoxy) is 3. The van der Waals surface area contributed by atoms with Gasteiger partial charge in [0.05, 0.1) is 88.6 Å². The van der Waals surface area contributed by atoms with Crippen molar-refractivity contribution >= 4 is 74.5 Å². The van der Waals surface area contributed by atoms with Crippen LogP contribution >= 0.6 is 23.2 Å². The molecule has 0 spiro atoms. The number of amides is 1. The van der Waals surface area contributed by atoms with Crippen molar-refractivity contribution in [2.75, 3.05) is 79.6 Å². The molecule has 5 aromatic rings. The molecule has 0 aliphatic carbocycles. The number of morpholine rings is 2. The molecule has 1 atom stereocenters. The predicted molar refractivity (Wildman–Crippen MR) is 214 cm³/mol. The average molecular weight is 809 g/mol. The van der Waals surface area contributed by atoms with Gasteiger partial charge in [-0.25, -0.2) is 18.7 Å². The number of carbonyl (C=O) groups excluding carboxylic acids is 2. The second kappa shape index (κ2) is 18.7. The van der Waals surface area contributed by atoms with Crippen molar-refractivity contribution in [1.29, 1.82) is 0 Å². The Kier molecular flexibility index (Phi) is 13.5. The number of rotatable bonds is 9. The van der Waals surface area contributed by atoms with Gasteiger partial charge in [-0.05, 0) is 69.3 Å². The summed E-state index contributed by atoms with van der Waals surface area (Å²) in [7, 11) is 0. The highest BCUT2D eigenvalue weighted by atomic mass is 35.5. The molecule has 12 nitrogen and oxygen atoms in total. The molecule has 294 valence electrons. The summed E-state index contributed by atoms with van der Waals surface area (Å²) in [5.74, 6) is -2.50. The zero-order valence-electron chi connectivity index (χ0n) is 31.1. The van der Waals surface area contributed by atoms with Crippen LogP contribution in [0.2, 0.25) is 10.0 Å². The standard InChI is InChI=1S/C28H28ClFN6O2.C12H13ClFNO3/c1-18-26(22-4-2-3-7-31-22)33-21-6-5-20(29)25(30)24(21)27(18)34-23-16-19(35-8-12-37-13-9-35)17-32-28(23)36-10-14-38-15-11-36;1-3-18-12(17)7(2)11(16)15-8-4-5-9(13)10(14)6-8/h2-7,16-17H,8-15H2,1H3,(H,33,34);4-7H,3H2,1-2H3,(H,15,16). The summed E-state index contributed by atoms with van der Waals surface area (Å²) in [5.41, 5.74) is 5.22. The quantitative estimate of drug-likeness (QED) is 0.112. The van der Waals surface area contributed by atoms with Crippen LogP contribution < -0.4 is 20.4 Å². The molecule has 7 rings (SSSR count). The molecule has 16 heteroatoms. The number of esters is 1. The van der Waals surface area contributed by atoms with Gasteiger partial charge in [0, 0.05) is 43.6 Å². The van der Waals surface area contributed by atoms with Gasteiger partial charge in [-0.15, -0.1) is 0 Å². The van der Waals surface area contributed by atoms with E-state index in [4.69, 9.17) is 47.4 Å². The molecular formula is C40H41Cl2F2N7O5. The maximum Gasteiger partial charge on any atom is 0.318 e.